The van der Waals surface area contributed by atoms with Crippen LogP contribution >= 0.6 is 0 Å². The monoisotopic (exact) mass is 336 g/mol. The summed E-state index contributed by atoms with van der Waals surface area (Å²) in [5.74, 6) is -7.62. The number of carbonyl (C=O) groups excluding carboxylic acids is 1. The molecule has 0 radical (unpaired) electrons. The van der Waals surface area contributed by atoms with Crippen molar-refractivity contribution in [2.24, 2.45) is 0 Å². The first-order chi connectivity index (χ1) is 10.0. The van der Waals surface area contributed by atoms with E-state index in [4.69, 9.17) is 0 Å². The van der Waals surface area contributed by atoms with E-state index in [0.717, 1.165) is 6.07 Å². The molecule has 6 heteroatoms. The zero-order chi connectivity index (χ0) is 18.4. The summed E-state index contributed by atoms with van der Waals surface area (Å²) in [6.45, 7) is 10.5. The van der Waals surface area contributed by atoms with Crippen LogP contribution in [0, 0.1) is 0 Å². The van der Waals surface area contributed by atoms with E-state index in [2.05, 4.69) is 0 Å². The van der Waals surface area contributed by atoms with Crippen molar-refractivity contribution in [2.45, 2.75) is 64.5 Å². The zero-order valence-electron chi connectivity index (χ0n) is 14.0. The number of ketones is 1. The van der Waals surface area contributed by atoms with Gasteiger partial charge in [-0.2, -0.15) is 22.0 Å². The normalized spacial score (nSPS) is 14.0. The van der Waals surface area contributed by atoms with E-state index < -0.39 is 34.3 Å². The molecule has 1 aromatic carbocycles. The van der Waals surface area contributed by atoms with Gasteiger partial charge in [-0.1, -0.05) is 59.7 Å². The third kappa shape index (κ3) is 3.72. The minimum atomic E-state index is -5.92. The van der Waals surface area contributed by atoms with Gasteiger partial charge < -0.3 is 0 Å². The molecule has 0 bridgehead atoms. The smallest absolute Gasteiger partial charge is 0.287 e. The summed E-state index contributed by atoms with van der Waals surface area (Å²) in [5, 5.41) is 0. The van der Waals surface area contributed by atoms with Gasteiger partial charge in [-0.3, -0.25) is 4.79 Å². The number of benzene rings is 1. The predicted molar refractivity (Wildman–Crippen MR) is 79.2 cm³/mol. The van der Waals surface area contributed by atoms with Crippen molar-refractivity contribution in [3.05, 3.63) is 34.9 Å². The quantitative estimate of drug-likeness (QED) is 0.503. The van der Waals surface area contributed by atoms with Crippen LogP contribution in [0.1, 0.15) is 63.0 Å². The Morgan fingerprint density at radius 2 is 1.30 bits per heavy atom. The lowest BCUT2D eigenvalue weighted by Crippen LogP contribution is -2.45. The molecule has 0 fully saturated rings. The van der Waals surface area contributed by atoms with Crippen molar-refractivity contribution in [3.8, 4) is 0 Å². The molecule has 0 aliphatic carbocycles. The maximum Gasteiger partial charge on any atom is 0.461 e. The first kappa shape index (κ1) is 19.6. The largest absolute Gasteiger partial charge is 0.461 e. The fourth-order valence-electron chi connectivity index (χ4n) is 2.47. The van der Waals surface area contributed by atoms with E-state index in [9.17, 15) is 26.7 Å². The van der Waals surface area contributed by atoms with Gasteiger partial charge in [0.1, 0.15) is 0 Å². The zero-order valence-corrected chi connectivity index (χ0v) is 14.0. The Morgan fingerprint density at radius 3 is 1.65 bits per heavy atom. The van der Waals surface area contributed by atoms with Crippen LogP contribution < -0.4 is 0 Å². The van der Waals surface area contributed by atoms with Crippen LogP contribution in [0.3, 0.4) is 0 Å². The van der Waals surface area contributed by atoms with E-state index in [-0.39, 0.29) is 5.56 Å². The van der Waals surface area contributed by atoms with E-state index in [1.807, 2.05) is 20.8 Å². The molecule has 0 spiro atoms. The predicted octanol–water partition coefficient (Wildman–Crippen LogP) is 5.66. The summed E-state index contributed by atoms with van der Waals surface area (Å²) in [5.41, 5.74) is -1.05. The highest BCUT2D eigenvalue weighted by molar-refractivity contribution is 6.03. The lowest BCUT2D eigenvalue weighted by molar-refractivity contribution is -0.255. The average molecular weight is 336 g/mol. The van der Waals surface area contributed by atoms with Gasteiger partial charge in [0.05, 0.1) is 0 Å². The Hall–Kier alpha value is -1.46. The Morgan fingerprint density at radius 1 is 0.826 bits per heavy atom. The molecule has 23 heavy (non-hydrogen) atoms. The molecule has 0 amide bonds. The van der Waals surface area contributed by atoms with E-state index in [1.54, 1.807) is 26.8 Å². The molecule has 0 N–H and O–H groups in total. The highest BCUT2D eigenvalue weighted by atomic mass is 19.4. The maximum absolute atomic E-state index is 13.5. The van der Waals surface area contributed by atoms with Crippen molar-refractivity contribution in [2.75, 3.05) is 0 Å². The Balaban J connectivity index is 3.71. The number of hydrogen-bond donors (Lipinski definition) is 0. The second-order valence-corrected chi connectivity index (χ2v) is 7.63. The number of Topliss-reactive ketones (excluding diaryl/α,β-unsaturated/α-hetero) is 1. The first-order valence-corrected chi connectivity index (χ1v) is 7.14. The Bertz CT molecular complexity index is 601. The number of carbonyl (C=O) groups is 1. The van der Waals surface area contributed by atoms with Crippen LogP contribution in [0.15, 0.2) is 18.2 Å². The van der Waals surface area contributed by atoms with Crippen molar-refractivity contribution >= 4 is 5.78 Å². The molecule has 0 atom stereocenters. The summed E-state index contributed by atoms with van der Waals surface area (Å²) >= 11 is 0. The van der Waals surface area contributed by atoms with Gasteiger partial charge in [0.15, 0.2) is 0 Å². The second-order valence-electron chi connectivity index (χ2n) is 7.63. The van der Waals surface area contributed by atoms with Gasteiger partial charge >= 0.3 is 12.1 Å². The molecule has 1 aromatic rings. The Kier molecular flexibility index (Phi) is 4.74. The molecule has 0 heterocycles. The van der Waals surface area contributed by atoms with Crippen LogP contribution in [0.2, 0.25) is 0 Å². The lowest BCUT2D eigenvalue weighted by Gasteiger charge is -2.32. The fraction of sp³-hybridized carbons (Fsp3) is 0.588. The second kappa shape index (κ2) is 5.56. The van der Waals surface area contributed by atoms with Crippen LogP contribution in [-0.4, -0.2) is 17.9 Å². The molecule has 130 valence electrons. The van der Waals surface area contributed by atoms with E-state index in [0.29, 0.717) is 5.56 Å². The first-order valence-electron chi connectivity index (χ1n) is 7.14. The summed E-state index contributed by atoms with van der Waals surface area (Å²) in [4.78, 5) is 12.0. The van der Waals surface area contributed by atoms with Crippen molar-refractivity contribution in [3.63, 3.8) is 0 Å². The molecule has 0 unspecified atom stereocenters. The average Bonchev–Trinajstić information content (AvgIpc) is 2.33. The molecule has 0 saturated heterocycles. The Labute approximate surface area is 132 Å². The van der Waals surface area contributed by atoms with Gasteiger partial charge in [0.25, 0.3) is 0 Å². The summed E-state index contributed by atoms with van der Waals surface area (Å²) in [7, 11) is 0. The number of alkyl halides is 5. The molecule has 0 aromatic heterocycles. The topological polar surface area (TPSA) is 17.1 Å². The number of halogens is 5. The SMILES string of the molecule is CC(C)(C)c1cccc(C(=O)C(F)(F)C(F)(F)F)c1C(C)(C)C. The summed E-state index contributed by atoms with van der Waals surface area (Å²) in [6, 6.07) is 4.04. The van der Waals surface area contributed by atoms with Crippen molar-refractivity contribution in [1.29, 1.82) is 0 Å². The molecule has 0 aliphatic heterocycles. The minimum absolute atomic E-state index is 0.224. The molecule has 1 rings (SSSR count). The highest BCUT2D eigenvalue weighted by Crippen LogP contribution is 2.42. The molecular formula is C17H21F5O. The van der Waals surface area contributed by atoms with Crippen LogP contribution in [-0.2, 0) is 10.8 Å². The maximum atomic E-state index is 13.5. The summed E-state index contributed by atoms with van der Waals surface area (Å²) in [6.07, 6.45) is -5.92. The third-order valence-corrected chi connectivity index (χ3v) is 3.51. The van der Waals surface area contributed by atoms with Gasteiger partial charge in [-0.05, 0) is 22.0 Å². The van der Waals surface area contributed by atoms with Gasteiger partial charge in [0.2, 0.25) is 5.78 Å². The molecule has 1 nitrogen and oxygen atoms in total. The van der Waals surface area contributed by atoms with Gasteiger partial charge in [-0.15, -0.1) is 0 Å². The van der Waals surface area contributed by atoms with Crippen molar-refractivity contribution in [1.82, 2.24) is 0 Å². The lowest BCUT2D eigenvalue weighted by atomic mass is 9.72. The summed E-state index contributed by atoms with van der Waals surface area (Å²) < 4.78 is 64.7. The van der Waals surface area contributed by atoms with Crippen LogP contribution in [0.5, 0.6) is 0 Å². The molecular weight excluding hydrogens is 315 g/mol. The van der Waals surface area contributed by atoms with E-state index in [1.165, 1.54) is 6.07 Å². The van der Waals surface area contributed by atoms with E-state index >= 15 is 0 Å². The van der Waals surface area contributed by atoms with Gasteiger partial charge in [-0.25, -0.2) is 0 Å². The van der Waals surface area contributed by atoms with Crippen LogP contribution in [0.4, 0.5) is 22.0 Å². The van der Waals surface area contributed by atoms with Gasteiger partial charge in [0, 0.05) is 5.56 Å². The standard InChI is InChI=1S/C17H21F5O/c1-14(2,3)11-9-7-8-10(12(11)15(4,5)6)13(23)16(18,19)17(20,21)22/h7-9H,1-6H3. The number of hydrogen-bond acceptors (Lipinski definition) is 1. The van der Waals surface area contributed by atoms with Crippen molar-refractivity contribution < 1.29 is 26.7 Å². The third-order valence-electron chi connectivity index (χ3n) is 3.51. The van der Waals surface area contributed by atoms with Crippen LogP contribution in [0.25, 0.3) is 0 Å². The minimum Gasteiger partial charge on any atom is -0.287 e. The fourth-order valence-corrected chi connectivity index (χ4v) is 2.47. The molecule has 0 saturated carbocycles. The molecule has 0 aliphatic rings. The highest BCUT2D eigenvalue weighted by Gasteiger charge is 2.63. The number of rotatable bonds is 2.